The van der Waals surface area contributed by atoms with Crippen molar-refractivity contribution in [1.82, 2.24) is 0 Å². The molecule has 0 aromatic heterocycles. The van der Waals surface area contributed by atoms with Crippen molar-refractivity contribution in [3.05, 3.63) is 6.92 Å². The highest BCUT2D eigenvalue weighted by atomic mass is 14.1. The molecule has 0 aliphatic heterocycles. The maximum atomic E-state index is 3.52. The normalized spacial score (nSPS) is 20.6. The van der Waals surface area contributed by atoms with Gasteiger partial charge in [-0.3, -0.25) is 0 Å². The van der Waals surface area contributed by atoms with E-state index in [1.165, 1.54) is 32.1 Å². The molecule has 0 aromatic rings. The third-order valence-electron chi connectivity index (χ3n) is 1.91. The molecule has 1 rings (SSSR count). The van der Waals surface area contributed by atoms with Crippen LogP contribution in [-0.4, -0.2) is 0 Å². The van der Waals surface area contributed by atoms with E-state index >= 15 is 0 Å². The highest BCUT2D eigenvalue weighted by molar-refractivity contribution is 5.06. The lowest BCUT2D eigenvalue weighted by molar-refractivity contribution is 0.430. The molecule has 0 N–H and O–H groups in total. The molecular formula is C9H13. The fourth-order valence-corrected chi connectivity index (χ4v) is 1.39. The summed E-state index contributed by atoms with van der Waals surface area (Å²) in [5.41, 5.74) is 0. The fraction of sp³-hybridized carbons (Fsp3) is 0.667. The van der Waals surface area contributed by atoms with E-state index in [1.807, 2.05) is 0 Å². The molecule has 0 atom stereocenters. The number of rotatable bonds is 0. The Labute approximate surface area is 57.7 Å². The lowest BCUT2D eigenvalue weighted by Gasteiger charge is -2.15. The van der Waals surface area contributed by atoms with Gasteiger partial charge in [0.15, 0.2) is 0 Å². The summed E-state index contributed by atoms with van der Waals surface area (Å²) in [4.78, 5) is 0. The molecule has 1 fully saturated rings. The summed E-state index contributed by atoms with van der Waals surface area (Å²) in [5.74, 6) is 6.54. The van der Waals surface area contributed by atoms with Crippen molar-refractivity contribution >= 4 is 0 Å². The zero-order valence-electron chi connectivity index (χ0n) is 5.82. The van der Waals surface area contributed by atoms with Crippen LogP contribution in [0.4, 0.5) is 0 Å². The molecule has 0 heteroatoms. The second-order valence-corrected chi connectivity index (χ2v) is 2.66. The molecule has 0 heterocycles. The predicted octanol–water partition coefficient (Wildman–Crippen LogP) is 2.40. The van der Waals surface area contributed by atoms with Crippen LogP contribution in [0.25, 0.3) is 0 Å². The Hall–Kier alpha value is -0.440. The quantitative estimate of drug-likeness (QED) is 0.432. The Morgan fingerprint density at radius 1 is 1.11 bits per heavy atom. The first kappa shape index (κ1) is 6.68. The van der Waals surface area contributed by atoms with Crippen molar-refractivity contribution in [3.8, 4) is 11.8 Å². The van der Waals surface area contributed by atoms with Gasteiger partial charge in [0, 0.05) is 12.8 Å². The fourth-order valence-electron chi connectivity index (χ4n) is 1.39. The molecule has 0 nitrogen and oxygen atoms in total. The van der Waals surface area contributed by atoms with Gasteiger partial charge in [0.05, 0.1) is 0 Å². The van der Waals surface area contributed by atoms with E-state index in [0.717, 1.165) is 0 Å². The summed E-state index contributed by atoms with van der Waals surface area (Å²) in [6, 6.07) is 0. The van der Waals surface area contributed by atoms with E-state index in [4.69, 9.17) is 0 Å². The number of hydrogen-bond acceptors (Lipinski definition) is 0. The van der Waals surface area contributed by atoms with Gasteiger partial charge in [-0.1, -0.05) is 25.2 Å². The van der Waals surface area contributed by atoms with Gasteiger partial charge in [-0.05, 0) is 12.8 Å². The van der Waals surface area contributed by atoms with Crippen LogP contribution < -0.4 is 0 Å². The second-order valence-electron chi connectivity index (χ2n) is 2.66. The smallest absolute Gasteiger partial charge is 0.0202 e. The molecule has 1 aliphatic carbocycles. The van der Waals surface area contributed by atoms with Gasteiger partial charge < -0.3 is 0 Å². The Kier molecular flexibility index (Phi) is 2.64. The van der Waals surface area contributed by atoms with Gasteiger partial charge in [0.25, 0.3) is 0 Å². The molecule has 0 saturated heterocycles. The van der Waals surface area contributed by atoms with Crippen molar-refractivity contribution in [3.63, 3.8) is 0 Å². The summed E-state index contributed by atoms with van der Waals surface area (Å²) in [5, 5.41) is 0. The molecule has 1 aliphatic rings. The van der Waals surface area contributed by atoms with E-state index < -0.39 is 0 Å². The van der Waals surface area contributed by atoms with Crippen LogP contribution in [0.1, 0.15) is 32.1 Å². The van der Waals surface area contributed by atoms with Crippen molar-refractivity contribution in [1.29, 1.82) is 0 Å². The van der Waals surface area contributed by atoms with Crippen LogP contribution in [0.15, 0.2) is 0 Å². The lowest BCUT2D eigenvalue weighted by atomic mass is 9.90. The van der Waals surface area contributed by atoms with Gasteiger partial charge in [0.2, 0.25) is 0 Å². The lowest BCUT2D eigenvalue weighted by Crippen LogP contribution is -2.02. The van der Waals surface area contributed by atoms with E-state index in [2.05, 4.69) is 18.8 Å². The van der Waals surface area contributed by atoms with E-state index in [-0.39, 0.29) is 0 Å². The average molecular weight is 121 g/mol. The molecule has 0 spiro atoms. The second kappa shape index (κ2) is 3.56. The Morgan fingerprint density at radius 2 is 1.78 bits per heavy atom. The van der Waals surface area contributed by atoms with Crippen molar-refractivity contribution in [2.75, 3.05) is 0 Å². The minimum Gasteiger partial charge on any atom is -0.102 e. The molecule has 1 saturated carbocycles. The van der Waals surface area contributed by atoms with Crippen LogP contribution >= 0.6 is 0 Å². The minimum absolute atomic E-state index is 0.677. The molecular weight excluding hydrogens is 108 g/mol. The van der Waals surface area contributed by atoms with E-state index in [0.29, 0.717) is 5.92 Å². The van der Waals surface area contributed by atoms with Crippen LogP contribution in [0.3, 0.4) is 0 Å². The van der Waals surface area contributed by atoms with Crippen molar-refractivity contribution in [2.24, 2.45) is 5.92 Å². The molecule has 0 amide bonds. The first-order valence-electron chi connectivity index (χ1n) is 3.71. The van der Waals surface area contributed by atoms with Gasteiger partial charge in [-0.2, -0.15) is 0 Å². The Balaban J connectivity index is 2.28. The third-order valence-corrected chi connectivity index (χ3v) is 1.91. The zero-order valence-corrected chi connectivity index (χ0v) is 5.82. The highest BCUT2D eigenvalue weighted by Gasteiger charge is 2.09. The van der Waals surface area contributed by atoms with E-state index in [1.54, 1.807) is 0 Å². The SMILES string of the molecule is [CH2]C#CC1CCCCC1. The molecule has 9 heavy (non-hydrogen) atoms. The Bertz CT molecular complexity index is 119. The highest BCUT2D eigenvalue weighted by Crippen LogP contribution is 2.22. The zero-order chi connectivity index (χ0) is 6.53. The van der Waals surface area contributed by atoms with Gasteiger partial charge in [0.1, 0.15) is 0 Å². The van der Waals surface area contributed by atoms with Crippen LogP contribution in [0, 0.1) is 24.7 Å². The largest absolute Gasteiger partial charge is 0.102 e. The maximum Gasteiger partial charge on any atom is 0.0202 e. The topological polar surface area (TPSA) is 0 Å². The third kappa shape index (κ3) is 2.10. The van der Waals surface area contributed by atoms with Crippen molar-refractivity contribution in [2.45, 2.75) is 32.1 Å². The molecule has 0 unspecified atom stereocenters. The first-order valence-corrected chi connectivity index (χ1v) is 3.71. The Morgan fingerprint density at radius 3 is 2.33 bits per heavy atom. The minimum atomic E-state index is 0.677. The molecule has 1 radical (unpaired) electrons. The van der Waals surface area contributed by atoms with Gasteiger partial charge in [-0.25, -0.2) is 0 Å². The van der Waals surface area contributed by atoms with Gasteiger partial charge in [-0.15, -0.1) is 5.92 Å². The predicted molar refractivity (Wildman–Crippen MR) is 39.7 cm³/mol. The van der Waals surface area contributed by atoms with Crippen molar-refractivity contribution < 1.29 is 0 Å². The molecule has 49 valence electrons. The maximum absolute atomic E-state index is 3.52. The monoisotopic (exact) mass is 121 g/mol. The average Bonchev–Trinajstić information content (AvgIpc) is 1.91. The summed E-state index contributed by atoms with van der Waals surface area (Å²) < 4.78 is 0. The van der Waals surface area contributed by atoms with Crippen LogP contribution in [-0.2, 0) is 0 Å². The first-order chi connectivity index (χ1) is 4.43. The molecule has 0 aromatic carbocycles. The summed E-state index contributed by atoms with van der Waals surface area (Å²) in [7, 11) is 0. The van der Waals surface area contributed by atoms with Crippen LogP contribution in [0.5, 0.6) is 0 Å². The van der Waals surface area contributed by atoms with Crippen LogP contribution in [0.2, 0.25) is 0 Å². The molecule has 0 bridgehead atoms. The number of hydrogen-bond donors (Lipinski definition) is 0. The summed E-state index contributed by atoms with van der Waals surface area (Å²) in [6.45, 7) is 3.52. The summed E-state index contributed by atoms with van der Waals surface area (Å²) >= 11 is 0. The standard InChI is InChI=1S/C9H13/c1-2-6-9-7-4-3-5-8-9/h9H,1,3-5,7-8H2. The van der Waals surface area contributed by atoms with E-state index in [9.17, 15) is 0 Å². The summed E-state index contributed by atoms with van der Waals surface area (Å²) in [6.07, 6.45) is 6.78. The van der Waals surface area contributed by atoms with Gasteiger partial charge >= 0.3 is 0 Å².